The Labute approximate surface area is 186 Å². The van der Waals surface area contributed by atoms with Gasteiger partial charge in [0, 0.05) is 33.2 Å². The van der Waals surface area contributed by atoms with Crippen molar-refractivity contribution in [3.8, 4) is 0 Å². The molecule has 2 aromatic rings. The number of rotatable bonds is 7. The van der Waals surface area contributed by atoms with Crippen LogP contribution in [0, 0.1) is 5.82 Å². The van der Waals surface area contributed by atoms with E-state index in [9.17, 15) is 22.4 Å². The van der Waals surface area contributed by atoms with Gasteiger partial charge in [-0.1, -0.05) is 13.3 Å². The van der Waals surface area contributed by atoms with Crippen LogP contribution in [0.1, 0.15) is 39.9 Å². The van der Waals surface area contributed by atoms with Crippen LogP contribution in [0.2, 0.25) is 0 Å². The molecular weight excluding hydrogens is 439 g/mol. The molecule has 2 heterocycles. The van der Waals surface area contributed by atoms with Crippen LogP contribution in [-0.4, -0.2) is 72.4 Å². The molecule has 1 fully saturated rings. The number of likely N-dealkylation sites (N-methyl/N-ethyl adjacent to an activating group) is 1. The van der Waals surface area contributed by atoms with Gasteiger partial charge in [-0.3, -0.25) is 14.3 Å². The van der Waals surface area contributed by atoms with Crippen molar-refractivity contribution in [2.45, 2.75) is 24.7 Å². The van der Waals surface area contributed by atoms with Crippen LogP contribution in [0.3, 0.4) is 0 Å². The second-order valence-electron chi connectivity index (χ2n) is 7.71. The molecule has 3 N–H and O–H groups in total. The third-order valence-electron chi connectivity index (χ3n) is 5.36. The standard InChI is InChI=1S/C20H27FN6O4S/c1-4-5-16-17(18(19(22)28)26(3)24-16)23-20(29)14-12-13(6-7-15(14)21)32(30,31)27-10-8-25(2)9-11-27/h6-7,12H,4-5,8-11H2,1-3H3,(H2,22,28)(H,23,29). The number of nitrogens with zero attached hydrogens (tertiary/aromatic N) is 4. The number of nitrogens with one attached hydrogen (secondary N) is 1. The van der Waals surface area contributed by atoms with Crippen LogP contribution < -0.4 is 11.1 Å². The van der Waals surface area contributed by atoms with E-state index in [1.54, 1.807) is 0 Å². The van der Waals surface area contributed by atoms with Gasteiger partial charge in [-0.25, -0.2) is 12.8 Å². The maximum absolute atomic E-state index is 14.5. The molecule has 2 amide bonds. The average Bonchev–Trinajstić information content (AvgIpc) is 3.03. The average molecular weight is 467 g/mol. The molecule has 12 heteroatoms. The molecule has 0 bridgehead atoms. The summed E-state index contributed by atoms with van der Waals surface area (Å²) in [6.45, 7) is 3.65. The highest BCUT2D eigenvalue weighted by Gasteiger charge is 2.29. The fourth-order valence-corrected chi connectivity index (χ4v) is 5.05. The number of sulfonamides is 1. The second kappa shape index (κ2) is 9.35. The summed E-state index contributed by atoms with van der Waals surface area (Å²) in [5, 5.41) is 6.72. The first-order valence-corrected chi connectivity index (χ1v) is 11.7. The van der Waals surface area contributed by atoms with Crippen LogP contribution >= 0.6 is 0 Å². The van der Waals surface area contributed by atoms with E-state index in [4.69, 9.17) is 5.73 Å². The summed E-state index contributed by atoms with van der Waals surface area (Å²) in [5.74, 6) is -2.59. The molecule has 1 saturated heterocycles. The fourth-order valence-electron chi connectivity index (χ4n) is 3.60. The van der Waals surface area contributed by atoms with Crippen molar-refractivity contribution >= 4 is 27.5 Å². The lowest BCUT2D eigenvalue weighted by Crippen LogP contribution is -2.47. The predicted molar refractivity (Wildman–Crippen MR) is 116 cm³/mol. The quantitative estimate of drug-likeness (QED) is 0.621. The zero-order valence-corrected chi connectivity index (χ0v) is 19.1. The van der Waals surface area contributed by atoms with Crippen LogP contribution in [0.15, 0.2) is 23.1 Å². The predicted octanol–water partition coefficient (Wildman–Crippen LogP) is 0.799. The number of piperazine rings is 1. The third kappa shape index (κ3) is 4.66. The molecule has 1 aliphatic heterocycles. The Morgan fingerprint density at radius 3 is 2.44 bits per heavy atom. The first kappa shape index (κ1) is 23.8. The molecule has 1 aromatic heterocycles. The number of primary amides is 1. The van der Waals surface area contributed by atoms with Gasteiger partial charge in [-0.15, -0.1) is 0 Å². The molecule has 10 nitrogen and oxygen atoms in total. The highest BCUT2D eigenvalue weighted by Crippen LogP contribution is 2.25. The molecule has 3 rings (SSSR count). The molecule has 0 radical (unpaired) electrons. The Bertz CT molecular complexity index is 1140. The topological polar surface area (TPSA) is 131 Å². The number of aromatic nitrogens is 2. The number of nitrogens with two attached hydrogens (primary N) is 1. The van der Waals surface area contributed by atoms with Crippen molar-refractivity contribution in [2.24, 2.45) is 12.8 Å². The number of halogens is 1. The van der Waals surface area contributed by atoms with Gasteiger partial charge in [0.2, 0.25) is 10.0 Å². The van der Waals surface area contributed by atoms with Gasteiger partial charge in [0.1, 0.15) is 11.5 Å². The maximum atomic E-state index is 14.5. The SMILES string of the molecule is CCCc1nn(C)c(C(N)=O)c1NC(=O)c1cc(S(=O)(=O)N2CCN(C)CC2)ccc1F. The molecule has 32 heavy (non-hydrogen) atoms. The number of carbonyl (C=O) groups excluding carboxylic acids is 2. The van der Waals surface area contributed by atoms with Gasteiger partial charge in [-0.05, 0) is 31.7 Å². The summed E-state index contributed by atoms with van der Waals surface area (Å²) in [5.41, 5.74) is 5.47. The van der Waals surface area contributed by atoms with Crippen molar-refractivity contribution in [3.63, 3.8) is 0 Å². The van der Waals surface area contributed by atoms with Crippen LogP contribution in [0.4, 0.5) is 10.1 Å². The fraction of sp³-hybridized carbons (Fsp3) is 0.450. The molecule has 0 aliphatic carbocycles. The van der Waals surface area contributed by atoms with Gasteiger partial charge in [-0.2, -0.15) is 9.40 Å². The highest BCUT2D eigenvalue weighted by atomic mass is 32.2. The van der Waals surface area contributed by atoms with E-state index < -0.39 is 33.2 Å². The number of anilines is 1. The molecule has 0 atom stereocenters. The zero-order valence-electron chi connectivity index (χ0n) is 18.3. The maximum Gasteiger partial charge on any atom is 0.269 e. The van der Waals surface area contributed by atoms with Crippen LogP contribution in [-0.2, 0) is 23.5 Å². The monoisotopic (exact) mass is 466 g/mol. The highest BCUT2D eigenvalue weighted by molar-refractivity contribution is 7.89. The Morgan fingerprint density at radius 1 is 1.19 bits per heavy atom. The van der Waals surface area contributed by atoms with E-state index >= 15 is 0 Å². The number of hydrogen-bond donors (Lipinski definition) is 2. The Morgan fingerprint density at radius 2 is 1.84 bits per heavy atom. The zero-order chi connectivity index (χ0) is 23.6. The first-order chi connectivity index (χ1) is 15.1. The van der Waals surface area contributed by atoms with E-state index in [0.717, 1.165) is 18.2 Å². The summed E-state index contributed by atoms with van der Waals surface area (Å²) in [6, 6.07) is 3.10. The summed E-state index contributed by atoms with van der Waals surface area (Å²) >= 11 is 0. The van der Waals surface area contributed by atoms with Crippen molar-refractivity contribution < 1.29 is 22.4 Å². The van der Waals surface area contributed by atoms with Crippen molar-refractivity contribution in [3.05, 3.63) is 41.0 Å². The van der Waals surface area contributed by atoms with Crippen molar-refractivity contribution in [2.75, 3.05) is 38.5 Å². The van der Waals surface area contributed by atoms with Gasteiger partial charge in [0.15, 0.2) is 0 Å². The third-order valence-corrected chi connectivity index (χ3v) is 7.26. The second-order valence-corrected chi connectivity index (χ2v) is 9.65. The minimum Gasteiger partial charge on any atom is -0.364 e. The Kier molecular flexibility index (Phi) is 6.96. The normalized spacial score (nSPS) is 15.6. The summed E-state index contributed by atoms with van der Waals surface area (Å²) in [6.07, 6.45) is 1.14. The van der Waals surface area contributed by atoms with Crippen LogP contribution in [0.25, 0.3) is 0 Å². The molecule has 174 valence electrons. The lowest BCUT2D eigenvalue weighted by atomic mass is 10.1. The van der Waals surface area contributed by atoms with Gasteiger partial charge in [0.05, 0.1) is 21.8 Å². The van der Waals surface area contributed by atoms with Crippen molar-refractivity contribution in [1.29, 1.82) is 0 Å². The van der Waals surface area contributed by atoms with Gasteiger partial charge in [0.25, 0.3) is 11.8 Å². The number of aryl methyl sites for hydroxylation is 2. The summed E-state index contributed by atoms with van der Waals surface area (Å²) < 4.78 is 43.1. The van der Waals surface area contributed by atoms with E-state index in [-0.39, 0.29) is 16.3 Å². The lowest BCUT2D eigenvalue weighted by Gasteiger charge is -2.31. The number of hydrogen-bond acceptors (Lipinski definition) is 6. The summed E-state index contributed by atoms with van der Waals surface area (Å²) in [7, 11) is -0.485. The Hall–Kier alpha value is -2.83. The molecule has 0 spiro atoms. The van der Waals surface area contributed by atoms with E-state index in [1.165, 1.54) is 16.0 Å². The van der Waals surface area contributed by atoms with Crippen LogP contribution in [0.5, 0.6) is 0 Å². The van der Waals surface area contributed by atoms with Crippen molar-refractivity contribution in [1.82, 2.24) is 19.0 Å². The molecule has 1 aliphatic rings. The molecule has 1 aromatic carbocycles. The Balaban J connectivity index is 1.95. The summed E-state index contributed by atoms with van der Waals surface area (Å²) in [4.78, 5) is 26.6. The minimum absolute atomic E-state index is 0.0246. The smallest absolute Gasteiger partial charge is 0.269 e. The van der Waals surface area contributed by atoms with Gasteiger partial charge >= 0.3 is 0 Å². The molecular formula is C20H27FN6O4S. The number of amides is 2. The van der Waals surface area contributed by atoms with Gasteiger partial charge < -0.3 is 16.0 Å². The number of benzene rings is 1. The molecule has 0 saturated carbocycles. The number of carbonyl (C=O) groups is 2. The lowest BCUT2D eigenvalue weighted by molar-refractivity contribution is 0.0992. The first-order valence-electron chi connectivity index (χ1n) is 10.2. The largest absolute Gasteiger partial charge is 0.364 e. The molecule has 0 unspecified atom stereocenters. The van der Waals surface area contributed by atoms with E-state index in [2.05, 4.69) is 10.4 Å². The van der Waals surface area contributed by atoms with E-state index in [1.807, 2.05) is 18.9 Å². The van der Waals surface area contributed by atoms with E-state index in [0.29, 0.717) is 44.7 Å². The minimum atomic E-state index is -3.90.